The summed E-state index contributed by atoms with van der Waals surface area (Å²) in [6.45, 7) is 1.99. The molecular formula is C32H32N6O5. The zero-order valence-corrected chi connectivity index (χ0v) is 23.6. The molecule has 11 nitrogen and oxygen atoms in total. The number of pyridine rings is 1. The van der Waals surface area contributed by atoms with Gasteiger partial charge < -0.3 is 20.4 Å². The number of amides is 5. The second kappa shape index (κ2) is 12.0. The molecule has 43 heavy (non-hydrogen) atoms. The van der Waals surface area contributed by atoms with E-state index in [9.17, 15) is 24.0 Å². The van der Waals surface area contributed by atoms with Crippen LogP contribution in [0.2, 0.25) is 0 Å². The van der Waals surface area contributed by atoms with Gasteiger partial charge in [-0.2, -0.15) is 0 Å². The Balaban J connectivity index is 0.984. The van der Waals surface area contributed by atoms with Crippen LogP contribution in [-0.2, 0) is 40.4 Å². The quantitative estimate of drug-likeness (QED) is 0.346. The number of fused-ring (bicyclic) bond motifs is 2. The number of carbonyl (C=O) groups is 5. The van der Waals surface area contributed by atoms with Crippen molar-refractivity contribution in [2.75, 3.05) is 18.0 Å². The molecule has 0 aliphatic carbocycles. The number of benzene rings is 2. The van der Waals surface area contributed by atoms with E-state index in [4.69, 9.17) is 0 Å². The zero-order chi connectivity index (χ0) is 29.9. The number of aryl methyl sites for hydroxylation is 1. The highest BCUT2D eigenvalue weighted by Crippen LogP contribution is 2.28. The average molecular weight is 581 g/mol. The molecule has 0 radical (unpaired) electrons. The van der Waals surface area contributed by atoms with E-state index in [1.807, 2.05) is 35.2 Å². The topological polar surface area (TPSA) is 141 Å². The molecule has 3 aliphatic heterocycles. The first-order valence-electron chi connectivity index (χ1n) is 14.4. The van der Waals surface area contributed by atoms with Gasteiger partial charge in [0, 0.05) is 49.9 Å². The van der Waals surface area contributed by atoms with Gasteiger partial charge in [-0.1, -0.05) is 30.3 Å². The van der Waals surface area contributed by atoms with Crippen LogP contribution >= 0.6 is 0 Å². The highest BCUT2D eigenvalue weighted by molar-refractivity contribution is 6.06. The lowest BCUT2D eigenvalue weighted by Gasteiger charge is -2.29. The summed E-state index contributed by atoms with van der Waals surface area (Å²) in [6, 6.07) is 15.8. The Morgan fingerprint density at radius 1 is 0.930 bits per heavy atom. The first-order chi connectivity index (χ1) is 20.9. The van der Waals surface area contributed by atoms with Crippen LogP contribution in [0.5, 0.6) is 0 Å². The van der Waals surface area contributed by atoms with Crippen LogP contribution < -0.4 is 20.9 Å². The van der Waals surface area contributed by atoms with Gasteiger partial charge >= 0.3 is 0 Å². The Morgan fingerprint density at radius 3 is 2.47 bits per heavy atom. The van der Waals surface area contributed by atoms with E-state index in [0.717, 1.165) is 36.3 Å². The van der Waals surface area contributed by atoms with Gasteiger partial charge in [-0.25, -0.2) is 4.98 Å². The molecule has 0 bridgehead atoms. The summed E-state index contributed by atoms with van der Waals surface area (Å²) >= 11 is 0. The summed E-state index contributed by atoms with van der Waals surface area (Å²) in [5.41, 5.74) is 4.58. The highest BCUT2D eigenvalue weighted by Gasteiger charge is 2.39. The van der Waals surface area contributed by atoms with Crippen LogP contribution in [-0.4, -0.2) is 58.6 Å². The normalized spacial score (nSPS) is 17.7. The summed E-state index contributed by atoms with van der Waals surface area (Å²) in [4.78, 5) is 70.1. The number of hydrogen-bond acceptors (Lipinski definition) is 7. The van der Waals surface area contributed by atoms with Gasteiger partial charge in [-0.05, 0) is 65.8 Å². The van der Waals surface area contributed by atoms with Crippen LogP contribution in [0.4, 0.5) is 5.82 Å². The molecule has 3 aromatic rings. The van der Waals surface area contributed by atoms with E-state index in [-0.39, 0.29) is 49.6 Å². The van der Waals surface area contributed by atoms with E-state index >= 15 is 0 Å². The van der Waals surface area contributed by atoms with Crippen molar-refractivity contribution in [1.82, 2.24) is 25.8 Å². The highest BCUT2D eigenvalue weighted by atomic mass is 16.2. The monoisotopic (exact) mass is 580 g/mol. The van der Waals surface area contributed by atoms with Crippen LogP contribution in [0.15, 0.2) is 60.8 Å². The first kappa shape index (κ1) is 28.1. The number of piperidine rings is 1. The fourth-order valence-corrected chi connectivity index (χ4v) is 5.84. The van der Waals surface area contributed by atoms with Crippen molar-refractivity contribution >= 4 is 35.4 Å². The summed E-state index contributed by atoms with van der Waals surface area (Å²) in [6.07, 6.45) is 4.21. The molecule has 2 aromatic carbocycles. The molecule has 1 saturated heterocycles. The first-order valence-corrected chi connectivity index (χ1v) is 14.4. The Hall–Kier alpha value is -5.06. The molecule has 220 valence electrons. The van der Waals surface area contributed by atoms with Gasteiger partial charge in [-0.3, -0.25) is 29.3 Å². The number of rotatable bonds is 8. The number of nitrogens with one attached hydrogen (secondary N) is 3. The van der Waals surface area contributed by atoms with E-state index in [1.165, 1.54) is 10.5 Å². The molecule has 6 rings (SSSR count). The van der Waals surface area contributed by atoms with Crippen LogP contribution in [0.1, 0.15) is 62.2 Å². The standard InChI is InChI=1S/C32H32N6O5/c39-27-12-11-26(31(42)36-27)38-18-24-15-23(9-10-25(24)32(38)43)30(41)35-17-21-7-5-20(6-8-21)16-34-28(40)19-37-14-2-4-22-3-1-13-33-29(22)37/h1,3,5-10,13,15,26H,2,4,11-12,14,16-19H2,(H,34,40)(H,35,41)(H,36,39,42). The van der Waals surface area contributed by atoms with Gasteiger partial charge in [-0.15, -0.1) is 0 Å². The Bertz CT molecular complexity index is 1600. The van der Waals surface area contributed by atoms with Gasteiger partial charge in [0.15, 0.2) is 0 Å². The van der Waals surface area contributed by atoms with Crippen molar-refractivity contribution in [1.29, 1.82) is 0 Å². The third-order valence-electron chi connectivity index (χ3n) is 8.13. The minimum Gasteiger partial charge on any atom is -0.350 e. The third-order valence-corrected chi connectivity index (χ3v) is 8.13. The summed E-state index contributed by atoms with van der Waals surface area (Å²) in [7, 11) is 0. The molecule has 1 unspecified atom stereocenters. The van der Waals surface area contributed by atoms with E-state index in [2.05, 4.69) is 27.0 Å². The van der Waals surface area contributed by atoms with Crippen molar-refractivity contribution in [2.24, 2.45) is 0 Å². The minimum absolute atomic E-state index is 0.0638. The predicted molar refractivity (Wildman–Crippen MR) is 157 cm³/mol. The Morgan fingerprint density at radius 2 is 1.70 bits per heavy atom. The largest absolute Gasteiger partial charge is 0.350 e. The Labute approximate surface area is 248 Å². The molecule has 1 atom stereocenters. The van der Waals surface area contributed by atoms with Crippen LogP contribution in [0.25, 0.3) is 0 Å². The summed E-state index contributed by atoms with van der Waals surface area (Å²) in [5.74, 6) is -0.533. The molecule has 5 amide bonds. The summed E-state index contributed by atoms with van der Waals surface area (Å²) in [5, 5.41) is 8.18. The lowest BCUT2D eigenvalue weighted by atomic mass is 10.0. The average Bonchev–Trinajstić information content (AvgIpc) is 3.34. The molecule has 4 heterocycles. The van der Waals surface area contributed by atoms with Gasteiger partial charge in [0.2, 0.25) is 17.7 Å². The molecule has 11 heteroatoms. The van der Waals surface area contributed by atoms with Crippen molar-refractivity contribution < 1.29 is 24.0 Å². The van der Waals surface area contributed by atoms with E-state index < -0.39 is 11.9 Å². The fourth-order valence-electron chi connectivity index (χ4n) is 5.84. The predicted octanol–water partition coefficient (Wildman–Crippen LogP) is 1.84. The van der Waals surface area contributed by atoms with Gasteiger partial charge in [0.1, 0.15) is 11.9 Å². The number of hydrogen-bond donors (Lipinski definition) is 3. The maximum absolute atomic E-state index is 12.9. The fraction of sp³-hybridized carbons (Fsp3) is 0.312. The zero-order valence-electron chi connectivity index (χ0n) is 23.6. The van der Waals surface area contributed by atoms with Gasteiger partial charge in [0.25, 0.3) is 11.8 Å². The number of anilines is 1. The molecule has 1 aromatic heterocycles. The smallest absolute Gasteiger partial charge is 0.255 e. The van der Waals surface area contributed by atoms with E-state index in [0.29, 0.717) is 29.8 Å². The maximum Gasteiger partial charge on any atom is 0.255 e. The molecular weight excluding hydrogens is 548 g/mol. The maximum atomic E-state index is 12.9. The van der Waals surface area contributed by atoms with Crippen molar-refractivity contribution in [3.63, 3.8) is 0 Å². The summed E-state index contributed by atoms with van der Waals surface area (Å²) < 4.78 is 0. The number of imide groups is 1. The molecule has 3 N–H and O–H groups in total. The van der Waals surface area contributed by atoms with Crippen molar-refractivity contribution in [3.05, 3.63) is 94.2 Å². The molecule has 0 saturated carbocycles. The molecule has 1 fully saturated rings. The minimum atomic E-state index is -0.698. The van der Waals surface area contributed by atoms with E-state index in [1.54, 1.807) is 24.4 Å². The molecule has 3 aliphatic rings. The molecule has 0 spiro atoms. The second-order valence-corrected chi connectivity index (χ2v) is 11.1. The number of aromatic nitrogens is 1. The van der Waals surface area contributed by atoms with Crippen LogP contribution in [0, 0.1) is 0 Å². The second-order valence-electron chi connectivity index (χ2n) is 11.1. The lowest BCUT2D eigenvalue weighted by molar-refractivity contribution is -0.137. The SMILES string of the molecule is O=C(CN1CCCc2cccnc21)NCc1ccc(CNC(=O)c2ccc3c(c2)CN(C2CCC(=O)NC2=O)C3=O)cc1. The Kier molecular flexibility index (Phi) is 7.86. The number of carbonyl (C=O) groups excluding carboxylic acids is 5. The van der Waals surface area contributed by atoms with Gasteiger partial charge in [0.05, 0.1) is 6.54 Å². The van der Waals surface area contributed by atoms with Crippen LogP contribution in [0.3, 0.4) is 0 Å². The van der Waals surface area contributed by atoms with Crippen molar-refractivity contribution in [3.8, 4) is 0 Å². The lowest BCUT2D eigenvalue weighted by Crippen LogP contribution is -2.52. The number of nitrogens with zero attached hydrogens (tertiary/aromatic N) is 3. The third kappa shape index (κ3) is 6.11. The van der Waals surface area contributed by atoms with Crippen molar-refractivity contribution in [2.45, 2.75) is 51.4 Å².